The van der Waals surface area contributed by atoms with Gasteiger partial charge in [0.1, 0.15) is 0 Å². The van der Waals surface area contributed by atoms with Gasteiger partial charge in [0.25, 0.3) is 0 Å². The minimum atomic E-state index is -0.0332. The SMILES string of the molecule is COCCN(CC1(N)CCOCC1)C1CC1. The summed E-state index contributed by atoms with van der Waals surface area (Å²) < 4.78 is 10.5. The standard InChI is InChI=1S/C12H24N2O2/c1-15-9-6-14(11-2-3-11)10-12(13)4-7-16-8-5-12/h11H,2-10,13H2,1H3. The molecule has 0 aromatic carbocycles. The van der Waals surface area contributed by atoms with E-state index in [2.05, 4.69) is 4.90 Å². The number of rotatable bonds is 6. The summed E-state index contributed by atoms with van der Waals surface area (Å²) >= 11 is 0. The van der Waals surface area contributed by atoms with Gasteiger partial charge < -0.3 is 15.2 Å². The smallest absolute Gasteiger partial charge is 0.0589 e. The van der Waals surface area contributed by atoms with Gasteiger partial charge in [-0.3, -0.25) is 4.90 Å². The maximum atomic E-state index is 6.43. The summed E-state index contributed by atoms with van der Waals surface area (Å²) in [5.41, 5.74) is 6.40. The van der Waals surface area contributed by atoms with Crippen molar-refractivity contribution in [1.29, 1.82) is 0 Å². The highest BCUT2D eigenvalue weighted by Gasteiger charge is 2.36. The van der Waals surface area contributed by atoms with Gasteiger partial charge in [0, 0.05) is 45.0 Å². The molecule has 4 nitrogen and oxygen atoms in total. The van der Waals surface area contributed by atoms with Crippen molar-refractivity contribution in [2.45, 2.75) is 37.3 Å². The number of hydrogen-bond acceptors (Lipinski definition) is 4. The number of nitrogens with two attached hydrogens (primary N) is 1. The Hall–Kier alpha value is -0.160. The van der Waals surface area contributed by atoms with Crippen LogP contribution in [0.15, 0.2) is 0 Å². The number of hydrogen-bond donors (Lipinski definition) is 1. The molecule has 2 rings (SSSR count). The van der Waals surface area contributed by atoms with Gasteiger partial charge in [0.05, 0.1) is 6.61 Å². The molecule has 0 bridgehead atoms. The van der Waals surface area contributed by atoms with E-state index < -0.39 is 0 Å². The van der Waals surface area contributed by atoms with Gasteiger partial charge in [-0.2, -0.15) is 0 Å². The molecule has 2 aliphatic rings. The van der Waals surface area contributed by atoms with Crippen molar-refractivity contribution in [3.63, 3.8) is 0 Å². The lowest BCUT2D eigenvalue weighted by Crippen LogP contribution is -2.54. The molecule has 0 aromatic heterocycles. The third-order valence-electron chi connectivity index (χ3n) is 3.65. The van der Waals surface area contributed by atoms with Gasteiger partial charge in [-0.1, -0.05) is 0 Å². The summed E-state index contributed by atoms with van der Waals surface area (Å²) in [6, 6.07) is 0.762. The Bertz CT molecular complexity index is 213. The van der Waals surface area contributed by atoms with Crippen LogP contribution in [-0.4, -0.2) is 56.5 Å². The van der Waals surface area contributed by atoms with Gasteiger partial charge in [0.2, 0.25) is 0 Å². The molecule has 1 aliphatic carbocycles. The zero-order valence-corrected chi connectivity index (χ0v) is 10.3. The molecule has 94 valence electrons. The van der Waals surface area contributed by atoms with Crippen LogP contribution in [0.2, 0.25) is 0 Å². The molecular formula is C12H24N2O2. The van der Waals surface area contributed by atoms with Gasteiger partial charge >= 0.3 is 0 Å². The van der Waals surface area contributed by atoms with Crippen molar-refractivity contribution in [2.75, 3.05) is 40.0 Å². The first-order valence-corrected chi connectivity index (χ1v) is 6.33. The van der Waals surface area contributed by atoms with Gasteiger partial charge in [0.15, 0.2) is 0 Å². The van der Waals surface area contributed by atoms with Crippen LogP contribution in [-0.2, 0) is 9.47 Å². The first-order chi connectivity index (χ1) is 7.73. The van der Waals surface area contributed by atoms with Gasteiger partial charge in [-0.15, -0.1) is 0 Å². The molecule has 0 unspecified atom stereocenters. The van der Waals surface area contributed by atoms with Crippen molar-refractivity contribution < 1.29 is 9.47 Å². The van der Waals surface area contributed by atoms with Crippen molar-refractivity contribution in [3.05, 3.63) is 0 Å². The predicted molar refractivity (Wildman–Crippen MR) is 63.4 cm³/mol. The highest BCUT2D eigenvalue weighted by molar-refractivity contribution is 4.94. The maximum absolute atomic E-state index is 6.43. The first-order valence-electron chi connectivity index (χ1n) is 6.33. The quantitative estimate of drug-likeness (QED) is 0.723. The first kappa shape index (κ1) is 12.3. The molecule has 0 atom stereocenters. The van der Waals surface area contributed by atoms with E-state index >= 15 is 0 Å². The normalized spacial score (nSPS) is 24.9. The van der Waals surface area contributed by atoms with E-state index in [1.807, 2.05) is 0 Å². The van der Waals surface area contributed by atoms with Gasteiger partial charge in [-0.25, -0.2) is 0 Å². The molecule has 0 radical (unpaired) electrons. The molecule has 1 saturated carbocycles. The average molecular weight is 228 g/mol. The lowest BCUT2D eigenvalue weighted by molar-refractivity contribution is 0.0319. The summed E-state index contributed by atoms with van der Waals surface area (Å²) in [6.45, 7) is 4.47. The maximum Gasteiger partial charge on any atom is 0.0589 e. The van der Waals surface area contributed by atoms with E-state index in [-0.39, 0.29) is 5.54 Å². The molecular weight excluding hydrogens is 204 g/mol. The average Bonchev–Trinajstić information content (AvgIpc) is 3.09. The van der Waals surface area contributed by atoms with Crippen LogP contribution in [0.4, 0.5) is 0 Å². The van der Waals surface area contributed by atoms with E-state index in [9.17, 15) is 0 Å². The Morgan fingerprint density at radius 2 is 2.06 bits per heavy atom. The molecule has 2 N–H and O–H groups in total. The Labute approximate surface area is 98.1 Å². The van der Waals surface area contributed by atoms with Crippen LogP contribution in [0.5, 0.6) is 0 Å². The fraction of sp³-hybridized carbons (Fsp3) is 1.00. The molecule has 4 heteroatoms. The number of ether oxygens (including phenoxy) is 2. The predicted octanol–water partition coefficient (Wildman–Crippen LogP) is 0.605. The summed E-state index contributed by atoms with van der Waals surface area (Å²) in [4.78, 5) is 2.51. The van der Waals surface area contributed by atoms with Crippen LogP contribution >= 0.6 is 0 Å². The number of methoxy groups -OCH3 is 1. The van der Waals surface area contributed by atoms with E-state index in [4.69, 9.17) is 15.2 Å². The fourth-order valence-corrected chi connectivity index (χ4v) is 2.38. The molecule has 0 amide bonds. The minimum Gasteiger partial charge on any atom is -0.383 e. The van der Waals surface area contributed by atoms with E-state index in [0.29, 0.717) is 0 Å². The third-order valence-corrected chi connectivity index (χ3v) is 3.65. The zero-order valence-electron chi connectivity index (χ0n) is 10.3. The second kappa shape index (κ2) is 5.45. The minimum absolute atomic E-state index is 0.0332. The van der Waals surface area contributed by atoms with E-state index in [1.54, 1.807) is 7.11 Å². The van der Waals surface area contributed by atoms with Crippen LogP contribution < -0.4 is 5.73 Å². The Morgan fingerprint density at radius 1 is 1.38 bits per heavy atom. The third kappa shape index (κ3) is 3.42. The number of nitrogens with zero attached hydrogens (tertiary/aromatic N) is 1. The van der Waals surface area contributed by atoms with Crippen LogP contribution in [0.1, 0.15) is 25.7 Å². The highest BCUT2D eigenvalue weighted by atomic mass is 16.5. The second-order valence-corrected chi connectivity index (χ2v) is 5.17. The molecule has 1 saturated heterocycles. The summed E-state index contributed by atoms with van der Waals surface area (Å²) in [6.07, 6.45) is 4.64. The molecule has 1 heterocycles. The van der Waals surface area contributed by atoms with E-state index in [0.717, 1.165) is 51.8 Å². The van der Waals surface area contributed by atoms with Crippen molar-refractivity contribution >= 4 is 0 Å². The van der Waals surface area contributed by atoms with Crippen molar-refractivity contribution in [1.82, 2.24) is 4.90 Å². The van der Waals surface area contributed by atoms with Crippen LogP contribution in [0.25, 0.3) is 0 Å². The summed E-state index contributed by atoms with van der Waals surface area (Å²) in [5, 5.41) is 0. The Kier molecular flexibility index (Phi) is 4.19. The molecule has 1 aliphatic heterocycles. The lowest BCUT2D eigenvalue weighted by atomic mass is 9.90. The second-order valence-electron chi connectivity index (χ2n) is 5.17. The Morgan fingerprint density at radius 3 is 2.62 bits per heavy atom. The van der Waals surface area contributed by atoms with Crippen molar-refractivity contribution in [2.24, 2.45) is 5.73 Å². The van der Waals surface area contributed by atoms with Crippen LogP contribution in [0.3, 0.4) is 0 Å². The monoisotopic (exact) mass is 228 g/mol. The van der Waals surface area contributed by atoms with E-state index in [1.165, 1.54) is 12.8 Å². The van der Waals surface area contributed by atoms with Crippen LogP contribution in [0, 0.1) is 0 Å². The molecule has 16 heavy (non-hydrogen) atoms. The highest BCUT2D eigenvalue weighted by Crippen LogP contribution is 2.29. The lowest BCUT2D eigenvalue weighted by Gasteiger charge is -2.38. The summed E-state index contributed by atoms with van der Waals surface area (Å²) in [7, 11) is 1.76. The van der Waals surface area contributed by atoms with Crippen molar-refractivity contribution in [3.8, 4) is 0 Å². The summed E-state index contributed by atoms with van der Waals surface area (Å²) in [5.74, 6) is 0. The van der Waals surface area contributed by atoms with Gasteiger partial charge in [-0.05, 0) is 25.7 Å². The molecule has 0 aromatic rings. The molecule has 2 fully saturated rings. The largest absolute Gasteiger partial charge is 0.383 e. The zero-order chi connectivity index (χ0) is 11.4. The topological polar surface area (TPSA) is 47.7 Å². The fourth-order valence-electron chi connectivity index (χ4n) is 2.38. The molecule has 0 spiro atoms. The Balaban J connectivity index is 1.83.